The van der Waals surface area contributed by atoms with Crippen LogP contribution in [0.4, 0.5) is 0 Å². The molecule has 0 aliphatic rings. The molecule has 0 bridgehead atoms. The average Bonchev–Trinajstić information content (AvgIpc) is 2.67. The van der Waals surface area contributed by atoms with Crippen molar-refractivity contribution in [3.63, 3.8) is 0 Å². The van der Waals surface area contributed by atoms with Crippen LogP contribution >= 0.6 is 33.9 Å². The van der Waals surface area contributed by atoms with Crippen LogP contribution in [-0.4, -0.2) is 6.29 Å². The van der Waals surface area contributed by atoms with Crippen molar-refractivity contribution in [1.82, 2.24) is 0 Å². The summed E-state index contributed by atoms with van der Waals surface area (Å²) in [7, 11) is 0. The highest BCUT2D eigenvalue weighted by atomic mass is 127. The molecule has 2 aromatic rings. The van der Waals surface area contributed by atoms with Gasteiger partial charge in [-0.25, -0.2) is 0 Å². The zero-order chi connectivity index (χ0) is 9.97. The lowest BCUT2D eigenvalue weighted by molar-refractivity contribution is 0.112. The first-order valence-corrected chi connectivity index (χ1v) is 6.00. The molecule has 0 saturated heterocycles. The minimum absolute atomic E-state index is 0.777. The molecule has 2 rings (SSSR count). The van der Waals surface area contributed by atoms with Crippen LogP contribution in [-0.2, 0) is 0 Å². The monoisotopic (exact) mass is 314 g/mol. The highest BCUT2D eigenvalue weighted by molar-refractivity contribution is 14.1. The van der Waals surface area contributed by atoms with Crippen LogP contribution in [0.15, 0.2) is 36.4 Å². The summed E-state index contributed by atoms with van der Waals surface area (Å²) in [6, 6.07) is 12.0. The number of hydrogen-bond donors (Lipinski definition) is 0. The Bertz CT molecular complexity index is 462. The standard InChI is InChI=1S/C11H7IOS/c12-10-4-2-1-3-9(10)11-6-5-8(7-13)14-11/h1-7H. The number of halogens is 1. The van der Waals surface area contributed by atoms with Gasteiger partial charge < -0.3 is 0 Å². The van der Waals surface area contributed by atoms with Crippen LogP contribution in [0.5, 0.6) is 0 Å². The van der Waals surface area contributed by atoms with E-state index in [1.165, 1.54) is 20.5 Å². The van der Waals surface area contributed by atoms with E-state index in [9.17, 15) is 4.79 Å². The maximum atomic E-state index is 10.5. The summed E-state index contributed by atoms with van der Waals surface area (Å²) in [5.41, 5.74) is 1.20. The maximum absolute atomic E-state index is 10.5. The highest BCUT2D eigenvalue weighted by Gasteiger charge is 2.04. The molecular weight excluding hydrogens is 307 g/mol. The molecule has 0 fully saturated rings. The normalized spacial score (nSPS) is 10.1. The summed E-state index contributed by atoms with van der Waals surface area (Å²) in [6.07, 6.45) is 0.893. The Morgan fingerprint density at radius 3 is 2.57 bits per heavy atom. The first kappa shape index (κ1) is 9.86. The predicted octanol–water partition coefficient (Wildman–Crippen LogP) is 3.83. The van der Waals surface area contributed by atoms with E-state index in [4.69, 9.17) is 0 Å². The number of aldehydes is 1. The highest BCUT2D eigenvalue weighted by Crippen LogP contribution is 2.30. The Labute approximate surface area is 99.9 Å². The summed E-state index contributed by atoms with van der Waals surface area (Å²) in [6.45, 7) is 0. The van der Waals surface area contributed by atoms with Gasteiger partial charge in [0.25, 0.3) is 0 Å². The van der Waals surface area contributed by atoms with Crippen molar-refractivity contribution in [2.45, 2.75) is 0 Å². The number of thiophene rings is 1. The van der Waals surface area contributed by atoms with Crippen LogP contribution in [0.3, 0.4) is 0 Å². The van der Waals surface area contributed by atoms with Crippen molar-refractivity contribution in [1.29, 1.82) is 0 Å². The van der Waals surface area contributed by atoms with Crippen LogP contribution in [0.2, 0.25) is 0 Å². The Morgan fingerprint density at radius 1 is 1.14 bits per heavy atom. The zero-order valence-electron chi connectivity index (χ0n) is 7.24. The average molecular weight is 314 g/mol. The zero-order valence-corrected chi connectivity index (χ0v) is 10.2. The molecule has 0 aliphatic heterocycles. The third kappa shape index (κ3) is 1.88. The number of benzene rings is 1. The van der Waals surface area contributed by atoms with Gasteiger partial charge in [-0.1, -0.05) is 18.2 Å². The number of carbonyl (C=O) groups is 1. The predicted molar refractivity (Wildman–Crippen MR) is 67.9 cm³/mol. The topological polar surface area (TPSA) is 17.1 Å². The van der Waals surface area contributed by atoms with Gasteiger partial charge in [0.15, 0.2) is 6.29 Å². The fraction of sp³-hybridized carbons (Fsp3) is 0. The summed E-state index contributed by atoms with van der Waals surface area (Å²) in [4.78, 5) is 12.5. The fourth-order valence-corrected chi connectivity index (χ4v) is 2.95. The van der Waals surface area contributed by atoms with Gasteiger partial charge in [-0.3, -0.25) is 4.79 Å². The van der Waals surface area contributed by atoms with E-state index in [1.807, 2.05) is 24.3 Å². The Kier molecular flexibility index (Phi) is 2.98. The second-order valence-electron chi connectivity index (χ2n) is 2.80. The maximum Gasteiger partial charge on any atom is 0.160 e. The lowest BCUT2D eigenvalue weighted by atomic mass is 10.2. The SMILES string of the molecule is O=Cc1ccc(-c2ccccc2I)s1. The molecule has 0 aliphatic carbocycles. The lowest BCUT2D eigenvalue weighted by Gasteiger charge is -1.99. The molecule has 0 spiro atoms. The Balaban J connectivity index is 2.49. The first-order chi connectivity index (χ1) is 6.81. The second-order valence-corrected chi connectivity index (χ2v) is 5.08. The van der Waals surface area contributed by atoms with Crippen molar-refractivity contribution in [3.05, 3.63) is 44.8 Å². The van der Waals surface area contributed by atoms with Crippen molar-refractivity contribution < 1.29 is 4.79 Å². The number of hydrogen-bond acceptors (Lipinski definition) is 2. The molecule has 0 N–H and O–H groups in total. The number of rotatable bonds is 2. The van der Waals surface area contributed by atoms with Gasteiger partial charge in [0.2, 0.25) is 0 Å². The smallest absolute Gasteiger partial charge is 0.160 e. The minimum Gasteiger partial charge on any atom is -0.297 e. The molecule has 0 radical (unpaired) electrons. The van der Waals surface area contributed by atoms with E-state index in [0.29, 0.717) is 0 Å². The third-order valence-corrected chi connectivity index (χ3v) is 3.87. The molecule has 0 amide bonds. The largest absolute Gasteiger partial charge is 0.297 e. The molecule has 1 nitrogen and oxygen atoms in total. The molecule has 14 heavy (non-hydrogen) atoms. The van der Waals surface area contributed by atoms with Crippen LogP contribution in [0.1, 0.15) is 9.67 Å². The van der Waals surface area contributed by atoms with E-state index < -0.39 is 0 Å². The van der Waals surface area contributed by atoms with Gasteiger partial charge in [-0.15, -0.1) is 11.3 Å². The molecule has 3 heteroatoms. The molecule has 1 aromatic heterocycles. The van der Waals surface area contributed by atoms with Gasteiger partial charge in [0, 0.05) is 14.0 Å². The van der Waals surface area contributed by atoms with E-state index in [0.717, 1.165) is 16.0 Å². The Hall–Kier alpha value is -0.680. The van der Waals surface area contributed by atoms with E-state index in [1.54, 1.807) is 0 Å². The van der Waals surface area contributed by atoms with Gasteiger partial charge in [0.1, 0.15) is 0 Å². The van der Waals surface area contributed by atoms with Gasteiger partial charge in [0.05, 0.1) is 4.88 Å². The van der Waals surface area contributed by atoms with E-state index in [2.05, 4.69) is 34.7 Å². The van der Waals surface area contributed by atoms with Crippen molar-refractivity contribution >= 4 is 40.2 Å². The van der Waals surface area contributed by atoms with Crippen molar-refractivity contribution in [2.24, 2.45) is 0 Å². The van der Waals surface area contributed by atoms with Gasteiger partial charge in [-0.05, 0) is 40.8 Å². The summed E-state index contributed by atoms with van der Waals surface area (Å²) in [5.74, 6) is 0. The third-order valence-electron chi connectivity index (χ3n) is 1.88. The van der Waals surface area contributed by atoms with Crippen LogP contribution in [0.25, 0.3) is 10.4 Å². The van der Waals surface area contributed by atoms with Crippen molar-refractivity contribution in [3.8, 4) is 10.4 Å². The van der Waals surface area contributed by atoms with Crippen LogP contribution < -0.4 is 0 Å². The molecule has 0 unspecified atom stereocenters. The number of carbonyl (C=O) groups excluding carboxylic acids is 1. The quantitative estimate of drug-likeness (QED) is 0.608. The van der Waals surface area contributed by atoms with E-state index in [-0.39, 0.29) is 0 Å². The van der Waals surface area contributed by atoms with Gasteiger partial charge in [-0.2, -0.15) is 0 Å². The fourth-order valence-electron chi connectivity index (χ4n) is 1.22. The van der Waals surface area contributed by atoms with Crippen molar-refractivity contribution in [2.75, 3.05) is 0 Å². The molecule has 0 atom stereocenters. The van der Waals surface area contributed by atoms with Gasteiger partial charge >= 0.3 is 0 Å². The van der Waals surface area contributed by atoms with E-state index >= 15 is 0 Å². The Morgan fingerprint density at radius 2 is 1.93 bits per heavy atom. The van der Waals surface area contributed by atoms with Crippen LogP contribution in [0, 0.1) is 3.57 Å². The lowest BCUT2D eigenvalue weighted by Crippen LogP contribution is -1.76. The second kappa shape index (κ2) is 4.23. The minimum atomic E-state index is 0.777. The molecule has 1 aromatic carbocycles. The first-order valence-electron chi connectivity index (χ1n) is 4.11. The summed E-state index contributed by atoms with van der Waals surface area (Å²) >= 11 is 3.83. The summed E-state index contributed by atoms with van der Waals surface area (Å²) in [5, 5.41) is 0. The summed E-state index contributed by atoms with van der Waals surface area (Å²) < 4.78 is 1.21. The molecule has 1 heterocycles. The molecule has 70 valence electrons. The molecular formula is C11H7IOS. The molecule has 0 saturated carbocycles.